The molecular formula is C18H27N7O. The fourth-order valence-corrected chi connectivity index (χ4v) is 3.40. The van der Waals surface area contributed by atoms with Gasteiger partial charge >= 0.3 is 0 Å². The minimum Gasteiger partial charge on any atom is -0.337 e. The number of hydrogen-bond acceptors (Lipinski definition) is 6. The first-order valence-electron chi connectivity index (χ1n) is 9.14. The molecule has 1 amide bonds. The van der Waals surface area contributed by atoms with Crippen LogP contribution in [0.2, 0.25) is 0 Å². The second kappa shape index (κ2) is 7.90. The molecule has 0 unspecified atom stereocenters. The second-order valence-electron chi connectivity index (χ2n) is 7.07. The number of piperidine rings is 1. The van der Waals surface area contributed by atoms with Gasteiger partial charge in [-0.1, -0.05) is 0 Å². The van der Waals surface area contributed by atoms with Gasteiger partial charge in [-0.25, -0.2) is 4.98 Å². The van der Waals surface area contributed by atoms with Gasteiger partial charge < -0.3 is 14.4 Å². The van der Waals surface area contributed by atoms with Crippen LogP contribution in [0.25, 0.3) is 0 Å². The minimum absolute atomic E-state index is 0.0406. The molecule has 8 heteroatoms. The summed E-state index contributed by atoms with van der Waals surface area (Å²) >= 11 is 0. The zero-order valence-electron chi connectivity index (χ0n) is 16.0. The molecule has 0 N–H and O–H groups in total. The van der Waals surface area contributed by atoms with E-state index >= 15 is 0 Å². The number of hydrogen-bond donors (Lipinski definition) is 0. The Morgan fingerprint density at radius 1 is 1.19 bits per heavy atom. The minimum atomic E-state index is -0.0406. The van der Waals surface area contributed by atoms with Crippen LogP contribution in [0.15, 0.2) is 12.4 Å². The first-order valence-corrected chi connectivity index (χ1v) is 9.14. The number of carbonyl (C=O) groups excluding carboxylic acids is 1. The van der Waals surface area contributed by atoms with Gasteiger partial charge in [-0.2, -0.15) is 0 Å². The van der Waals surface area contributed by atoms with Crippen LogP contribution < -0.4 is 0 Å². The van der Waals surface area contributed by atoms with E-state index in [4.69, 9.17) is 0 Å². The van der Waals surface area contributed by atoms with Gasteiger partial charge in [0.25, 0.3) is 5.91 Å². The summed E-state index contributed by atoms with van der Waals surface area (Å²) in [5.41, 5.74) is 1.23. The highest BCUT2D eigenvalue weighted by molar-refractivity contribution is 5.92. The summed E-state index contributed by atoms with van der Waals surface area (Å²) in [6.07, 6.45) is 4.98. The molecule has 1 aliphatic rings. The van der Waals surface area contributed by atoms with Crippen molar-refractivity contribution in [1.29, 1.82) is 0 Å². The lowest BCUT2D eigenvalue weighted by atomic mass is 9.95. The maximum atomic E-state index is 12.6. The van der Waals surface area contributed by atoms with Gasteiger partial charge in [0.2, 0.25) is 0 Å². The zero-order valence-corrected chi connectivity index (χ0v) is 16.0. The highest BCUT2D eigenvalue weighted by Crippen LogP contribution is 2.28. The smallest absolute Gasteiger partial charge is 0.274 e. The molecule has 26 heavy (non-hydrogen) atoms. The summed E-state index contributed by atoms with van der Waals surface area (Å²) in [6, 6.07) is 0. The average Bonchev–Trinajstić information content (AvgIpc) is 3.03. The van der Waals surface area contributed by atoms with E-state index in [1.807, 2.05) is 25.9 Å². The molecule has 1 saturated heterocycles. The van der Waals surface area contributed by atoms with Gasteiger partial charge in [0.05, 0.1) is 18.4 Å². The molecule has 1 fully saturated rings. The van der Waals surface area contributed by atoms with Crippen LogP contribution in [0.1, 0.15) is 53.5 Å². The summed E-state index contributed by atoms with van der Waals surface area (Å²) < 4.78 is 2.22. The standard InChI is InChI=1S/C18H27N7O/c1-5-25-16(12-23(3)4)21-22-17(25)14-6-8-24(9-7-14)18(26)15-11-19-13(2)10-20-15/h10-11,14H,5-9,12H2,1-4H3. The molecule has 140 valence electrons. The van der Waals surface area contributed by atoms with Gasteiger partial charge in [-0.3, -0.25) is 9.78 Å². The van der Waals surface area contributed by atoms with Gasteiger partial charge in [0.15, 0.2) is 0 Å². The Hall–Kier alpha value is -2.35. The van der Waals surface area contributed by atoms with E-state index in [2.05, 4.69) is 36.6 Å². The Bertz CT molecular complexity index is 745. The number of likely N-dealkylation sites (tertiary alicyclic amines) is 1. The Morgan fingerprint density at radius 3 is 2.50 bits per heavy atom. The zero-order chi connectivity index (χ0) is 18.7. The summed E-state index contributed by atoms with van der Waals surface area (Å²) in [7, 11) is 4.07. The van der Waals surface area contributed by atoms with Gasteiger partial charge in [0, 0.05) is 31.7 Å². The van der Waals surface area contributed by atoms with Crippen LogP contribution in [0.5, 0.6) is 0 Å². The van der Waals surface area contributed by atoms with Crippen molar-refractivity contribution in [2.24, 2.45) is 0 Å². The fraction of sp³-hybridized carbons (Fsp3) is 0.611. The van der Waals surface area contributed by atoms with E-state index in [1.54, 1.807) is 12.4 Å². The lowest BCUT2D eigenvalue weighted by Crippen LogP contribution is -2.38. The van der Waals surface area contributed by atoms with Gasteiger partial charge in [0.1, 0.15) is 17.3 Å². The molecule has 0 spiro atoms. The summed E-state index contributed by atoms with van der Waals surface area (Å²) in [6.45, 7) is 7.05. The molecule has 1 aliphatic heterocycles. The molecule has 3 rings (SSSR count). The average molecular weight is 357 g/mol. The van der Waals surface area contributed by atoms with Crippen LogP contribution in [0, 0.1) is 6.92 Å². The van der Waals surface area contributed by atoms with E-state index in [0.717, 1.165) is 43.3 Å². The number of aryl methyl sites for hydroxylation is 1. The second-order valence-corrected chi connectivity index (χ2v) is 7.07. The molecule has 8 nitrogen and oxygen atoms in total. The number of amides is 1. The molecule has 2 aromatic rings. The quantitative estimate of drug-likeness (QED) is 0.806. The van der Waals surface area contributed by atoms with Crippen molar-refractivity contribution in [2.75, 3.05) is 27.2 Å². The van der Waals surface area contributed by atoms with Crippen molar-refractivity contribution in [3.63, 3.8) is 0 Å². The molecule has 0 radical (unpaired) electrons. The predicted molar refractivity (Wildman–Crippen MR) is 97.7 cm³/mol. The predicted octanol–water partition coefficient (Wildman–Crippen LogP) is 1.48. The first kappa shape index (κ1) is 18.4. The molecule has 0 bridgehead atoms. The molecule has 0 atom stereocenters. The Balaban J connectivity index is 1.66. The van der Waals surface area contributed by atoms with Crippen molar-refractivity contribution in [1.82, 2.24) is 34.5 Å². The van der Waals surface area contributed by atoms with Crippen molar-refractivity contribution < 1.29 is 4.79 Å². The largest absolute Gasteiger partial charge is 0.337 e. The number of aromatic nitrogens is 5. The summed E-state index contributed by atoms with van der Waals surface area (Å²) in [4.78, 5) is 24.9. The van der Waals surface area contributed by atoms with Crippen LogP contribution in [0.3, 0.4) is 0 Å². The fourth-order valence-electron chi connectivity index (χ4n) is 3.40. The van der Waals surface area contributed by atoms with E-state index in [-0.39, 0.29) is 5.91 Å². The van der Waals surface area contributed by atoms with Gasteiger partial charge in [-0.05, 0) is 40.8 Å². The SMILES string of the molecule is CCn1c(CN(C)C)nnc1C1CCN(C(=O)c2cnc(C)cn2)CC1. The molecule has 2 aromatic heterocycles. The highest BCUT2D eigenvalue weighted by atomic mass is 16.2. The summed E-state index contributed by atoms with van der Waals surface area (Å²) in [5.74, 6) is 2.35. The Morgan fingerprint density at radius 2 is 1.92 bits per heavy atom. The maximum Gasteiger partial charge on any atom is 0.274 e. The van der Waals surface area contributed by atoms with Crippen molar-refractivity contribution in [3.8, 4) is 0 Å². The molecule has 3 heterocycles. The van der Waals surface area contributed by atoms with Crippen molar-refractivity contribution in [3.05, 3.63) is 35.4 Å². The third kappa shape index (κ3) is 3.90. The third-order valence-corrected chi connectivity index (χ3v) is 4.78. The Kier molecular flexibility index (Phi) is 5.61. The lowest BCUT2D eigenvalue weighted by Gasteiger charge is -2.31. The lowest BCUT2D eigenvalue weighted by molar-refractivity contribution is 0.0703. The molecule has 0 aromatic carbocycles. The molecule has 0 saturated carbocycles. The highest BCUT2D eigenvalue weighted by Gasteiger charge is 2.28. The summed E-state index contributed by atoms with van der Waals surface area (Å²) in [5, 5.41) is 8.85. The maximum absolute atomic E-state index is 12.6. The van der Waals surface area contributed by atoms with Crippen LogP contribution in [-0.4, -0.2) is 67.6 Å². The van der Waals surface area contributed by atoms with E-state index < -0.39 is 0 Å². The van der Waals surface area contributed by atoms with E-state index in [9.17, 15) is 4.79 Å². The van der Waals surface area contributed by atoms with Crippen LogP contribution in [-0.2, 0) is 13.1 Å². The Labute approximate surface area is 154 Å². The normalized spacial score (nSPS) is 15.7. The molecular weight excluding hydrogens is 330 g/mol. The van der Waals surface area contributed by atoms with E-state index in [0.29, 0.717) is 24.7 Å². The first-order chi connectivity index (χ1) is 12.5. The topological polar surface area (TPSA) is 80.0 Å². The van der Waals surface area contributed by atoms with Crippen LogP contribution >= 0.6 is 0 Å². The number of nitrogens with zero attached hydrogens (tertiary/aromatic N) is 7. The number of rotatable bonds is 5. The molecule has 0 aliphatic carbocycles. The van der Waals surface area contributed by atoms with E-state index in [1.165, 1.54) is 0 Å². The van der Waals surface area contributed by atoms with Gasteiger partial charge in [-0.15, -0.1) is 10.2 Å². The van der Waals surface area contributed by atoms with Crippen molar-refractivity contribution >= 4 is 5.91 Å². The number of carbonyl (C=O) groups is 1. The van der Waals surface area contributed by atoms with Crippen molar-refractivity contribution in [2.45, 2.75) is 45.7 Å². The van der Waals surface area contributed by atoms with Crippen LogP contribution in [0.4, 0.5) is 0 Å². The monoisotopic (exact) mass is 357 g/mol. The third-order valence-electron chi connectivity index (χ3n) is 4.78.